The molecule has 1 aromatic rings. The van der Waals surface area contributed by atoms with Crippen LogP contribution in [0.3, 0.4) is 0 Å². The number of hydrogen-bond acceptors (Lipinski definition) is 5. The molecule has 23 heavy (non-hydrogen) atoms. The Bertz CT molecular complexity index is 707. The van der Waals surface area contributed by atoms with E-state index in [1.165, 1.54) is 4.90 Å². The third kappa shape index (κ3) is 4.38. The smallest absolute Gasteiger partial charge is 0.261 e. The first-order valence-electron chi connectivity index (χ1n) is 7.25. The molecule has 2 rings (SSSR count). The van der Waals surface area contributed by atoms with Crippen molar-refractivity contribution in [2.24, 2.45) is 0 Å². The summed E-state index contributed by atoms with van der Waals surface area (Å²) < 4.78 is 23.6. The summed E-state index contributed by atoms with van der Waals surface area (Å²) in [7, 11) is -3.52. The Morgan fingerprint density at radius 1 is 1.04 bits per heavy atom. The third-order valence-corrected chi connectivity index (χ3v) is 4.06. The van der Waals surface area contributed by atoms with E-state index in [4.69, 9.17) is 0 Å². The first kappa shape index (κ1) is 17.1. The van der Waals surface area contributed by atoms with Crippen LogP contribution in [0.4, 0.5) is 0 Å². The van der Waals surface area contributed by atoms with Crippen molar-refractivity contribution < 1.29 is 22.8 Å². The molecule has 0 fully saturated rings. The minimum Gasteiger partial charge on any atom is -0.274 e. The number of fused-ring (bicyclic) bond motifs is 1. The van der Waals surface area contributed by atoms with Crippen molar-refractivity contribution in [3.8, 4) is 0 Å². The Hall–Kier alpha value is -2.22. The highest BCUT2D eigenvalue weighted by molar-refractivity contribution is 7.89. The molecule has 1 N–H and O–H groups in total. The first-order chi connectivity index (χ1) is 10.8. The van der Waals surface area contributed by atoms with E-state index in [0.717, 1.165) is 6.26 Å². The molecular weight excluding hydrogens is 320 g/mol. The van der Waals surface area contributed by atoms with Gasteiger partial charge in [-0.15, -0.1) is 0 Å². The second-order valence-electron chi connectivity index (χ2n) is 5.42. The Labute approximate surface area is 134 Å². The zero-order valence-corrected chi connectivity index (χ0v) is 13.6. The van der Waals surface area contributed by atoms with Crippen molar-refractivity contribution in [2.45, 2.75) is 25.7 Å². The number of hydrogen-bond donors (Lipinski definition) is 1. The molecule has 0 unspecified atom stereocenters. The third-order valence-electron chi connectivity index (χ3n) is 3.46. The second-order valence-corrected chi connectivity index (χ2v) is 7.16. The highest BCUT2D eigenvalue weighted by atomic mass is 32.2. The quantitative estimate of drug-likeness (QED) is 0.588. The predicted octanol–water partition coefficient (Wildman–Crippen LogP) is 0.919. The Kier molecular flexibility index (Phi) is 5.15. The van der Waals surface area contributed by atoms with Crippen LogP contribution < -0.4 is 4.72 Å². The van der Waals surface area contributed by atoms with Crippen molar-refractivity contribution in [3.63, 3.8) is 0 Å². The number of nitrogens with zero attached hydrogens (tertiary/aromatic N) is 1. The Morgan fingerprint density at radius 2 is 1.61 bits per heavy atom. The molecule has 0 aromatic heterocycles. The molecule has 1 aliphatic heterocycles. The summed E-state index contributed by atoms with van der Waals surface area (Å²) in [4.78, 5) is 36.8. The van der Waals surface area contributed by atoms with Gasteiger partial charge in [0.25, 0.3) is 11.8 Å². The van der Waals surface area contributed by atoms with Gasteiger partial charge in [-0.25, -0.2) is 8.42 Å². The average molecular weight is 338 g/mol. The lowest BCUT2D eigenvalue weighted by atomic mass is 10.1. The summed E-state index contributed by atoms with van der Waals surface area (Å²) >= 11 is 0. The van der Waals surface area contributed by atoms with Crippen molar-refractivity contribution >= 4 is 27.7 Å². The number of unbranched alkanes of at least 4 members (excludes halogenated alkanes) is 2. The van der Waals surface area contributed by atoms with Crippen molar-refractivity contribution in [3.05, 3.63) is 35.4 Å². The minimum atomic E-state index is -3.52. The van der Waals surface area contributed by atoms with Gasteiger partial charge in [0.1, 0.15) is 0 Å². The molecule has 0 bridgehead atoms. The van der Waals surface area contributed by atoms with Crippen LogP contribution in [0.25, 0.3) is 0 Å². The number of sulfonamides is 1. The summed E-state index contributed by atoms with van der Waals surface area (Å²) in [6.45, 7) is 0.292. The summed E-state index contributed by atoms with van der Waals surface area (Å²) in [6, 6.07) is 6.69. The van der Waals surface area contributed by atoms with E-state index in [1.807, 2.05) is 4.72 Å². The van der Waals surface area contributed by atoms with Gasteiger partial charge in [0.15, 0.2) is 0 Å². The van der Waals surface area contributed by atoms with Gasteiger partial charge in [0.2, 0.25) is 15.9 Å². The lowest BCUT2D eigenvalue weighted by Crippen LogP contribution is -2.31. The van der Waals surface area contributed by atoms with Crippen molar-refractivity contribution in [1.82, 2.24) is 9.62 Å². The van der Waals surface area contributed by atoms with Gasteiger partial charge in [-0.1, -0.05) is 18.6 Å². The van der Waals surface area contributed by atoms with Gasteiger partial charge in [0, 0.05) is 13.0 Å². The van der Waals surface area contributed by atoms with E-state index in [9.17, 15) is 22.8 Å². The van der Waals surface area contributed by atoms with Crippen LogP contribution in [0, 0.1) is 0 Å². The SMILES string of the molecule is CS(=O)(=O)NC(=O)CCCCCN1C(=O)c2ccccc2C1=O. The molecule has 3 amide bonds. The number of carbonyl (C=O) groups excluding carboxylic acids is 3. The standard InChI is InChI=1S/C15H18N2O5S/c1-23(21,22)16-13(18)9-3-2-6-10-17-14(19)11-7-4-5-8-12(11)15(17)20/h4-5,7-8H,2-3,6,9-10H2,1H3,(H,16,18). The van der Waals surface area contributed by atoms with Gasteiger partial charge in [0.05, 0.1) is 17.4 Å². The van der Waals surface area contributed by atoms with E-state index in [-0.39, 0.29) is 18.2 Å². The summed E-state index contributed by atoms with van der Waals surface area (Å²) in [5, 5.41) is 0. The van der Waals surface area contributed by atoms with Gasteiger partial charge < -0.3 is 0 Å². The molecule has 0 saturated heterocycles. The van der Waals surface area contributed by atoms with Crippen LogP contribution in [0.2, 0.25) is 0 Å². The predicted molar refractivity (Wildman–Crippen MR) is 83.3 cm³/mol. The van der Waals surface area contributed by atoms with E-state index >= 15 is 0 Å². The van der Waals surface area contributed by atoms with Crippen LogP contribution in [0.15, 0.2) is 24.3 Å². The Morgan fingerprint density at radius 3 is 2.13 bits per heavy atom. The highest BCUT2D eigenvalue weighted by Crippen LogP contribution is 2.22. The first-order valence-corrected chi connectivity index (χ1v) is 9.14. The molecule has 124 valence electrons. The lowest BCUT2D eigenvalue weighted by Gasteiger charge is -2.13. The normalized spacial score (nSPS) is 14.0. The monoisotopic (exact) mass is 338 g/mol. The number of nitrogens with one attached hydrogen (secondary N) is 1. The van der Waals surface area contributed by atoms with E-state index in [1.54, 1.807) is 24.3 Å². The minimum absolute atomic E-state index is 0.0924. The van der Waals surface area contributed by atoms with Crippen LogP contribution >= 0.6 is 0 Å². The fraction of sp³-hybridized carbons (Fsp3) is 0.400. The number of amides is 3. The molecule has 1 aromatic carbocycles. The molecule has 0 spiro atoms. The van der Waals surface area contributed by atoms with Crippen LogP contribution in [-0.4, -0.2) is 43.8 Å². The van der Waals surface area contributed by atoms with Crippen LogP contribution in [0.5, 0.6) is 0 Å². The van der Waals surface area contributed by atoms with E-state index in [0.29, 0.717) is 36.9 Å². The van der Waals surface area contributed by atoms with Crippen molar-refractivity contribution in [1.29, 1.82) is 0 Å². The van der Waals surface area contributed by atoms with E-state index in [2.05, 4.69) is 0 Å². The van der Waals surface area contributed by atoms with Gasteiger partial charge in [-0.3, -0.25) is 24.0 Å². The van der Waals surface area contributed by atoms with E-state index < -0.39 is 15.9 Å². The molecule has 0 radical (unpaired) electrons. The maximum atomic E-state index is 12.1. The molecule has 1 aliphatic rings. The molecule has 1 heterocycles. The maximum absolute atomic E-state index is 12.1. The van der Waals surface area contributed by atoms with Gasteiger partial charge in [-0.05, 0) is 25.0 Å². The fourth-order valence-corrected chi connectivity index (χ4v) is 2.95. The summed E-state index contributed by atoms with van der Waals surface area (Å²) in [5.74, 6) is -1.13. The molecule has 0 aliphatic carbocycles. The maximum Gasteiger partial charge on any atom is 0.261 e. The van der Waals surface area contributed by atoms with Crippen LogP contribution in [-0.2, 0) is 14.8 Å². The molecule has 0 atom stereocenters. The average Bonchev–Trinajstić information content (AvgIpc) is 2.70. The second kappa shape index (κ2) is 6.91. The lowest BCUT2D eigenvalue weighted by molar-refractivity contribution is -0.119. The number of carbonyl (C=O) groups is 3. The molecule has 8 heteroatoms. The Balaban J connectivity index is 1.75. The zero-order chi connectivity index (χ0) is 17.0. The molecular formula is C15H18N2O5S. The van der Waals surface area contributed by atoms with Gasteiger partial charge >= 0.3 is 0 Å². The largest absolute Gasteiger partial charge is 0.274 e. The zero-order valence-electron chi connectivity index (χ0n) is 12.7. The van der Waals surface area contributed by atoms with Crippen molar-refractivity contribution in [2.75, 3.05) is 12.8 Å². The number of rotatable bonds is 7. The van der Waals surface area contributed by atoms with Crippen LogP contribution in [0.1, 0.15) is 46.4 Å². The van der Waals surface area contributed by atoms with Gasteiger partial charge in [-0.2, -0.15) is 0 Å². The topological polar surface area (TPSA) is 101 Å². The number of benzene rings is 1. The fourth-order valence-electron chi connectivity index (χ4n) is 2.43. The highest BCUT2D eigenvalue weighted by Gasteiger charge is 2.34. The molecule has 0 saturated carbocycles. The summed E-state index contributed by atoms with van der Waals surface area (Å²) in [6.07, 6.45) is 2.69. The number of imide groups is 1. The molecule has 7 nitrogen and oxygen atoms in total. The summed E-state index contributed by atoms with van der Waals surface area (Å²) in [5.41, 5.74) is 0.843.